The molecule has 0 aliphatic carbocycles. The van der Waals surface area contributed by atoms with E-state index in [0.29, 0.717) is 123 Å². The quantitative estimate of drug-likeness (QED) is 0.238. The summed E-state index contributed by atoms with van der Waals surface area (Å²) in [5, 5.41) is 5.72. The van der Waals surface area contributed by atoms with Crippen LogP contribution in [-0.2, 0) is 47.9 Å². The van der Waals surface area contributed by atoms with Gasteiger partial charge in [-0.3, -0.25) is 47.9 Å². The molecule has 8 saturated heterocycles. The van der Waals surface area contributed by atoms with E-state index in [2.05, 4.69) is 10.6 Å². The van der Waals surface area contributed by atoms with E-state index in [9.17, 15) is 47.9 Å². The van der Waals surface area contributed by atoms with Crippen molar-refractivity contribution >= 4 is 59.1 Å². The number of hydrogen-bond acceptors (Lipinski definition) is 10. The number of rotatable bonds is 8. The predicted molar refractivity (Wildman–Crippen MR) is 216 cm³/mol. The lowest BCUT2D eigenvalue weighted by Gasteiger charge is -2.38. The zero-order valence-electron chi connectivity index (χ0n) is 35.5. The van der Waals surface area contributed by atoms with E-state index < -0.39 is 89.8 Å². The SMILES string of the molecule is CC(=O)N1CCC[C@H]1C(=O)N1CCC[C@H]1C(=O)N1CCC[C@H]1C(=O)NC1CC(C(=O)N2CCC[C@H]2C(=O)N2CCC[C@H]2C(=O)N2CCC[C@H]2C(N)=O)NC(=O)[C@@H]2CCCN2C1=O. The highest BCUT2D eigenvalue weighted by Gasteiger charge is 2.50. The van der Waals surface area contributed by atoms with Gasteiger partial charge in [-0.25, -0.2) is 0 Å². The maximum absolute atomic E-state index is 14.6. The Hall–Kier alpha value is -5.30. The fraction of sp³-hybridized carbons (Fsp3) is 0.762. The molecule has 0 bridgehead atoms. The fourth-order valence-electron chi connectivity index (χ4n) is 11.6. The number of fused-ring (bicyclic) bond motifs is 1. The molecule has 4 N–H and O–H groups in total. The number of nitrogens with two attached hydrogens (primary N) is 1. The molecular weight excluding hydrogens is 805 g/mol. The second kappa shape index (κ2) is 17.8. The summed E-state index contributed by atoms with van der Waals surface area (Å²) in [4.78, 5) is 147. The Morgan fingerprint density at radius 2 is 0.903 bits per heavy atom. The summed E-state index contributed by atoms with van der Waals surface area (Å²) in [6, 6.07) is -8.15. The topological polar surface area (TPSA) is 243 Å². The van der Waals surface area contributed by atoms with Crippen LogP contribution >= 0.6 is 0 Å². The van der Waals surface area contributed by atoms with Gasteiger partial charge in [0.25, 0.3) is 0 Å². The van der Waals surface area contributed by atoms with Crippen molar-refractivity contribution in [2.75, 3.05) is 45.8 Å². The lowest BCUT2D eigenvalue weighted by atomic mass is 9.99. The molecule has 0 spiro atoms. The van der Waals surface area contributed by atoms with Crippen molar-refractivity contribution in [2.45, 2.75) is 158 Å². The molecule has 0 radical (unpaired) electrons. The van der Waals surface area contributed by atoms with Crippen LogP contribution in [0, 0.1) is 0 Å². The zero-order chi connectivity index (χ0) is 44.0. The normalized spacial score (nSPS) is 32.5. The van der Waals surface area contributed by atoms with Gasteiger partial charge >= 0.3 is 0 Å². The van der Waals surface area contributed by atoms with Crippen molar-refractivity contribution in [2.24, 2.45) is 5.73 Å². The van der Waals surface area contributed by atoms with Crippen LogP contribution in [-0.4, -0.2) is 194 Å². The van der Waals surface area contributed by atoms with Gasteiger partial charge in [-0.05, 0) is 89.9 Å². The van der Waals surface area contributed by atoms with Crippen molar-refractivity contribution in [3.8, 4) is 0 Å². The molecule has 8 aliphatic rings. The minimum atomic E-state index is -1.27. The minimum absolute atomic E-state index is 0.191. The molecule has 20 heteroatoms. The van der Waals surface area contributed by atoms with E-state index in [1.807, 2.05) is 0 Å². The Balaban J connectivity index is 0.967. The summed E-state index contributed by atoms with van der Waals surface area (Å²) in [5.74, 6) is -4.27. The lowest BCUT2D eigenvalue weighted by Crippen LogP contribution is -2.64. The van der Waals surface area contributed by atoms with Crippen molar-refractivity contribution in [3.05, 3.63) is 0 Å². The van der Waals surface area contributed by atoms with Crippen LogP contribution in [0.5, 0.6) is 0 Å². The first-order valence-corrected chi connectivity index (χ1v) is 22.8. The van der Waals surface area contributed by atoms with E-state index in [-0.39, 0.29) is 43.1 Å². The van der Waals surface area contributed by atoms with Gasteiger partial charge in [0, 0.05) is 59.2 Å². The predicted octanol–water partition coefficient (Wildman–Crippen LogP) is -2.20. The van der Waals surface area contributed by atoms with Crippen LogP contribution < -0.4 is 16.4 Å². The minimum Gasteiger partial charge on any atom is -0.368 e. The zero-order valence-corrected chi connectivity index (χ0v) is 35.5. The Morgan fingerprint density at radius 1 is 0.516 bits per heavy atom. The molecule has 10 amide bonds. The number of carbonyl (C=O) groups excluding carboxylic acids is 10. The molecule has 8 aliphatic heterocycles. The van der Waals surface area contributed by atoms with Crippen molar-refractivity contribution in [3.63, 3.8) is 0 Å². The van der Waals surface area contributed by atoms with Gasteiger partial charge in [-0.15, -0.1) is 0 Å². The van der Waals surface area contributed by atoms with Crippen LogP contribution in [0.15, 0.2) is 0 Å². The molecule has 8 rings (SSSR count). The van der Waals surface area contributed by atoms with Crippen molar-refractivity contribution in [1.29, 1.82) is 0 Å². The number of nitrogens with one attached hydrogen (secondary N) is 2. The van der Waals surface area contributed by atoms with Crippen molar-refractivity contribution in [1.82, 2.24) is 44.9 Å². The monoisotopic (exact) mass is 864 g/mol. The number of amides is 10. The standard InChI is InChI=1S/C42H60N10O10/c1-24(53)46-16-5-12-30(46)39(59)51-21-8-15-33(51)41(61)49-19-4-11-29(49)36(56)44-25-23-26(45-35(55)28-10-3-18-48(28)37(25)57)38(58)50-20-6-13-31(50)42(62)52-22-7-14-32(52)40(60)47-17-2-9-27(47)34(43)54/h25-33H,2-23H2,1H3,(H2,43,54)(H,44,56)(H,45,55)/t25?,26?,27-,28-,29-,30-,31-,32-,33-/m0/s1. The van der Waals surface area contributed by atoms with E-state index >= 15 is 0 Å². The van der Waals surface area contributed by atoms with Gasteiger partial charge in [0.1, 0.15) is 54.4 Å². The van der Waals surface area contributed by atoms with E-state index in [1.54, 1.807) is 9.80 Å². The van der Waals surface area contributed by atoms with Gasteiger partial charge in [0.15, 0.2) is 0 Å². The molecule has 8 fully saturated rings. The highest BCUT2D eigenvalue weighted by atomic mass is 16.2. The van der Waals surface area contributed by atoms with Crippen LogP contribution in [0.3, 0.4) is 0 Å². The number of carbonyl (C=O) groups is 10. The van der Waals surface area contributed by atoms with Gasteiger partial charge in [-0.1, -0.05) is 0 Å². The summed E-state index contributed by atoms with van der Waals surface area (Å²) in [5.41, 5.74) is 5.59. The average Bonchev–Trinajstić information content (AvgIpc) is 4.11. The number of hydrogen-bond donors (Lipinski definition) is 3. The maximum atomic E-state index is 14.6. The second-order valence-corrected chi connectivity index (χ2v) is 18.3. The summed E-state index contributed by atoms with van der Waals surface area (Å²) < 4.78 is 0. The van der Waals surface area contributed by atoms with Gasteiger partial charge in [-0.2, -0.15) is 0 Å². The van der Waals surface area contributed by atoms with E-state index in [0.717, 1.165) is 0 Å². The molecule has 62 heavy (non-hydrogen) atoms. The molecule has 0 aromatic rings. The van der Waals surface area contributed by atoms with Crippen LogP contribution in [0.4, 0.5) is 0 Å². The first-order chi connectivity index (χ1) is 29.8. The maximum Gasteiger partial charge on any atom is 0.246 e. The molecule has 2 unspecified atom stereocenters. The van der Waals surface area contributed by atoms with Crippen molar-refractivity contribution < 1.29 is 47.9 Å². The average molecular weight is 865 g/mol. The molecule has 0 saturated carbocycles. The fourth-order valence-corrected chi connectivity index (χ4v) is 11.6. The van der Waals surface area contributed by atoms with Crippen LogP contribution in [0.2, 0.25) is 0 Å². The molecule has 9 atom stereocenters. The molecule has 338 valence electrons. The second-order valence-electron chi connectivity index (χ2n) is 18.3. The molecule has 8 heterocycles. The van der Waals surface area contributed by atoms with Gasteiger partial charge in [0.05, 0.1) is 0 Å². The number of nitrogens with zero attached hydrogens (tertiary/aromatic N) is 7. The van der Waals surface area contributed by atoms with E-state index in [4.69, 9.17) is 5.73 Å². The first kappa shape index (κ1) is 43.4. The highest BCUT2D eigenvalue weighted by Crippen LogP contribution is 2.32. The summed E-state index contributed by atoms with van der Waals surface area (Å²) in [6.45, 7) is 3.73. The summed E-state index contributed by atoms with van der Waals surface area (Å²) in [7, 11) is 0. The third-order valence-corrected chi connectivity index (χ3v) is 14.6. The Morgan fingerprint density at radius 3 is 1.39 bits per heavy atom. The van der Waals surface area contributed by atoms with Crippen LogP contribution in [0.1, 0.15) is 103 Å². The molecule has 0 aromatic carbocycles. The molecule has 20 nitrogen and oxygen atoms in total. The first-order valence-electron chi connectivity index (χ1n) is 22.8. The Labute approximate surface area is 360 Å². The summed E-state index contributed by atoms with van der Waals surface area (Å²) in [6.07, 6.45) is 6.61. The Kier molecular flexibility index (Phi) is 12.5. The summed E-state index contributed by atoms with van der Waals surface area (Å²) >= 11 is 0. The van der Waals surface area contributed by atoms with Gasteiger partial charge < -0.3 is 50.7 Å². The largest absolute Gasteiger partial charge is 0.368 e. The van der Waals surface area contributed by atoms with Crippen LogP contribution in [0.25, 0.3) is 0 Å². The lowest BCUT2D eigenvalue weighted by molar-refractivity contribution is -0.152. The van der Waals surface area contributed by atoms with E-state index in [1.165, 1.54) is 31.4 Å². The molecule has 0 aromatic heterocycles. The third-order valence-electron chi connectivity index (χ3n) is 14.6. The molecular formula is C42H60N10O10. The Bertz CT molecular complexity index is 1900. The highest BCUT2D eigenvalue weighted by molar-refractivity contribution is 6.00. The number of likely N-dealkylation sites (tertiary alicyclic amines) is 6. The smallest absolute Gasteiger partial charge is 0.246 e. The number of primary amides is 1. The third kappa shape index (κ3) is 7.97. The van der Waals surface area contributed by atoms with Gasteiger partial charge in [0.2, 0.25) is 59.1 Å².